The molecule has 0 saturated heterocycles. The molecule has 0 aliphatic rings. The first kappa shape index (κ1) is 14.5. The number of aryl methyl sites for hydroxylation is 1. The minimum atomic E-state index is -4.56. The average molecular weight is 287 g/mol. The summed E-state index contributed by atoms with van der Waals surface area (Å²) in [6.07, 6.45) is -2.96. The van der Waals surface area contributed by atoms with E-state index < -0.39 is 17.6 Å². The molecule has 108 valence electrons. The maximum Gasteiger partial charge on any atom is 0.416 e. The molecule has 0 amide bonds. The second-order valence-electron chi connectivity index (χ2n) is 4.42. The Kier molecular flexibility index (Phi) is 4.08. The standard InChI is InChI=1S/C13H13F4N3/c1-8-10(7-19-20-8)6-18-5-9-2-3-11(14)4-12(9)13(15,16)17/h2-4,7,18H,5-6H2,1H3,(H,19,20). The summed E-state index contributed by atoms with van der Waals surface area (Å²) in [5.74, 6) is -0.897. The minimum absolute atomic E-state index is 0.000255. The van der Waals surface area contributed by atoms with Crippen molar-refractivity contribution >= 4 is 0 Å². The molecule has 20 heavy (non-hydrogen) atoms. The van der Waals surface area contributed by atoms with Gasteiger partial charge in [0.15, 0.2) is 0 Å². The van der Waals surface area contributed by atoms with E-state index in [4.69, 9.17) is 0 Å². The molecule has 7 heteroatoms. The molecule has 2 N–H and O–H groups in total. The van der Waals surface area contributed by atoms with Crippen LogP contribution in [0.25, 0.3) is 0 Å². The molecule has 2 aromatic rings. The van der Waals surface area contributed by atoms with Gasteiger partial charge < -0.3 is 5.32 Å². The van der Waals surface area contributed by atoms with Crippen molar-refractivity contribution in [2.75, 3.05) is 0 Å². The van der Waals surface area contributed by atoms with Crippen LogP contribution in [0.15, 0.2) is 24.4 Å². The van der Waals surface area contributed by atoms with Gasteiger partial charge in [-0.1, -0.05) is 6.07 Å². The van der Waals surface area contributed by atoms with E-state index >= 15 is 0 Å². The largest absolute Gasteiger partial charge is 0.416 e. The Morgan fingerprint density at radius 1 is 1.20 bits per heavy atom. The zero-order valence-corrected chi connectivity index (χ0v) is 10.7. The minimum Gasteiger partial charge on any atom is -0.308 e. The highest BCUT2D eigenvalue weighted by Crippen LogP contribution is 2.32. The Bertz CT molecular complexity index is 590. The molecule has 1 aromatic heterocycles. The predicted octanol–water partition coefficient (Wildman–Crippen LogP) is 3.17. The molecule has 0 unspecified atom stereocenters. The van der Waals surface area contributed by atoms with Gasteiger partial charge in [-0.25, -0.2) is 4.39 Å². The number of benzene rings is 1. The van der Waals surface area contributed by atoms with Crippen LogP contribution in [0.1, 0.15) is 22.4 Å². The summed E-state index contributed by atoms with van der Waals surface area (Å²) >= 11 is 0. The van der Waals surface area contributed by atoms with Crippen molar-refractivity contribution in [1.82, 2.24) is 15.5 Å². The Labute approximate surface area is 113 Å². The van der Waals surface area contributed by atoms with Crippen LogP contribution in [0, 0.1) is 12.7 Å². The smallest absolute Gasteiger partial charge is 0.308 e. The van der Waals surface area contributed by atoms with Crippen LogP contribution in [-0.4, -0.2) is 10.2 Å². The lowest BCUT2D eigenvalue weighted by Crippen LogP contribution is -2.17. The second kappa shape index (κ2) is 5.62. The van der Waals surface area contributed by atoms with Gasteiger partial charge >= 0.3 is 6.18 Å². The molecule has 0 bridgehead atoms. The van der Waals surface area contributed by atoms with Gasteiger partial charge in [0.2, 0.25) is 0 Å². The van der Waals surface area contributed by atoms with Crippen molar-refractivity contribution in [1.29, 1.82) is 0 Å². The van der Waals surface area contributed by atoms with E-state index in [1.165, 1.54) is 0 Å². The molecule has 1 aromatic carbocycles. The Morgan fingerprint density at radius 2 is 1.90 bits per heavy atom. The number of hydrogen-bond donors (Lipinski definition) is 2. The molecule has 0 aliphatic carbocycles. The van der Waals surface area contributed by atoms with Crippen LogP contribution in [0.3, 0.4) is 0 Å². The van der Waals surface area contributed by atoms with Crippen LogP contribution in [0.5, 0.6) is 0 Å². The van der Waals surface area contributed by atoms with Crippen molar-refractivity contribution in [3.8, 4) is 0 Å². The summed E-state index contributed by atoms with van der Waals surface area (Å²) in [6.45, 7) is 2.21. The van der Waals surface area contributed by atoms with Gasteiger partial charge in [0.1, 0.15) is 5.82 Å². The number of hydrogen-bond acceptors (Lipinski definition) is 2. The predicted molar refractivity (Wildman–Crippen MR) is 65.3 cm³/mol. The summed E-state index contributed by atoms with van der Waals surface area (Å²) in [4.78, 5) is 0. The molecule has 3 nitrogen and oxygen atoms in total. The molecule has 0 radical (unpaired) electrons. The highest BCUT2D eigenvalue weighted by Gasteiger charge is 2.33. The Morgan fingerprint density at radius 3 is 2.50 bits per heavy atom. The van der Waals surface area contributed by atoms with Crippen molar-refractivity contribution in [2.24, 2.45) is 0 Å². The Hall–Kier alpha value is -1.89. The summed E-state index contributed by atoms with van der Waals surface area (Å²) in [5, 5.41) is 9.46. The van der Waals surface area contributed by atoms with Crippen molar-refractivity contribution in [3.05, 3.63) is 52.6 Å². The van der Waals surface area contributed by atoms with E-state index in [-0.39, 0.29) is 12.1 Å². The third kappa shape index (κ3) is 3.36. The van der Waals surface area contributed by atoms with Gasteiger partial charge in [0.05, 0.1) is 11.8 Å². The number of rotatable bonds is 4. The fourth-order valence-electron chi connectivity index (χ4n) is 1.85. The molecule has 0 aliphatic heterocycles. The molecule has 1 heterocycles. The van der Waals surface area contributed by atoms with Gasteiger partial charge in [-0.2, -0.15) is 18.3 Å². The van der Waals surface area contributed by atoms with Gasteiger partial charge in [-0.3, -0.25) is 5.10 Å². The van der Waals surface area contributed by atoms with Gasteiger partial charge in [-0.05, 0) is 24.6 Å². The summed E-state index contributed by atoms with van der Waals surface area (Å²) in [7, 11) is 0. The fraction of sp³-hybridized carbons (Fsp3) is 0.308. The molecular formula is C13H13F4N3. The van der Waals surface area contributed by atoms with Gasteiger partial charge in [-0.15, -0.1) is 0 Å². The molecule has 0 atom stereocenters. The molecule has 0 fully saturated rings. The number of alkyl halides is 3. The van der Waals surface area contributed by atoms with Gasteiger partial charge in [0.25, 0.3) is 0 Å². The van der Waals surface area contributed by atoms with E-state index in [0.29, 0.717) is 12.6 Å². The van der Waals surface area contributed by atoms with E-state index in [2.05, 4.69) is 15.5 Å². The van der Waals surface area contributed by atoms with E-state index in [1.807, 2.05) is 6.92 Å². The number of H-pyrrole nitrogens is 1. The van der Waals surface area contributed by atoms with Crippen molar-refractivity contribution in [3.63, 3.8) is 0 Å². The van der Waals surface area contributed by atoms with Crippen molar-refractivity contribution in [2.45, 2.75) is 26.2 Å². The van der Waals surface area contributed by atoms with E-state index in [9.17, 15) is 17.6 Å². The zero-order chi connectivity index (χ0) is 14.8. The molecular weight excluding hydrogens is 274 g/mol. The van der Waals surface area contributed by atoms with E-state index in [0.717, 1.165) is 23.4 Å². The third-order valence-corrected chi connectivity index (χ3v) is 2.94. The molecule has 2 rings (SSSR count). The number of nitrogens with one attached hydrogen (secondary N) is 2. The summed E-state index contributed by atoms with van der Waals surface area (Å²) in [5.41, 5.74) is 0.794. The van der Waals surface area contributed by atoms with Crippen LogP contribution < -0.4 is 5.32 Å². The lowest BCUT2D eigenvalue weighted by atomic mass is 10.1. The zero-order valence-electron chi connectivity index (χ0n) is 10.7. The first-order valence-electron chi connectivity index (χ1n) is 5.93. The first-order chi connectivity index (χ1) is 9.38. The first-order valence-corrected chi connectivity index (χ1v) is 5.93. The maximum atomic E-state index is 12.9. The van der Waals surface area contributed by atoms with E-state index in [1.54, 1.807) is 6.20 Å². The quantitative estimate of drug-likeness (QED) is 0.848. The average Bonchev–Trinajstić information content (AvgIpc) is 2.76. The molecule has 0 saturated carbocycles. The number of nitrogens with zero attached hydrogens (tertiary/aromatic N) is 1. The fourth-order valence-corrected chi connectivity index (χ4v) is 1.85. The van der Waals surface area contributed by atoms with Crippen molar-refractivity contribution < 1.29 is 17.6 Å². The topological polar surface area (TPSA) is 40.7 Å². The van der Waals surface area contributed by atoms with Crippen LogP contribution in [0.2, 0.25) is 0 Å². The van der Waals surface area contributed by atoms with Gasteiger partial charge in [0, 0.05) is 24.3 Å². The highest BCUT2D eigenvalue weighted by molar-refractivity contribution is 5.30. The third-order valence-electron chi connectivity index (χ3n) is 2.94. The lowest BCUT2D eigenvalue weighted by molar-refractivity contribution is -0.138. The van der Waals surface area contributed by atoms with Crippen LogP contribution >= 0.6 is 0 Å². The number of aromatic nitrogens is 2. The second-order valence-corrected chi connectivity index (χ2v) is 4.42. The SMILES string of the molecule is Cc1[nH]ncc1CNCc1ccc(F)cc1C(F)(F)F. The Balaban J connectivity index is 2.08. The normalized spacial score (nSPS) is 11.8. The van der Waals surface area contributed by atoms with Crippen LogP contribution in [-0.2, 0) is 19.3 Å². The highest BCUT2D eigenvalue weighted by atomic mass is 19.4. The maximum absolute atomic E-state index is 12.9. The number of halogens is 4. The molecule has 0 spiro atoms. The van der Waals surface area contributed by atoms with Crippen LogP contribution in [0.4, 0.5) is 17.6 Å². The summed E-state index contributed by atoms with van der Waals surface area (Å²) in [6, 6.07) is 2.68. The summed E-state index contributed by atoms with van der Waals surface area (Å²) < 4.78 is 51.3. The monoisotopic (exact) mass is 287 g/mol. The lowest BCUT2D eigenvalue weighted by Gasteiger charge is -2.13. The number of aromatic amines is 1.